The molecule has 6 rings (SSSR count). The van der Waals surface area contributed by atoms with Crippen molar-refractivity contribution in [1.29, 1.82) is 0 Å². The lowest BCUT2D eigenvalue weighted by Gasteiger charge is -2.33. The summed E-state index contributed by atoms with van der Waals surface area (Å²) in [6, 6.07) is 4.30. The number of hydrogen-bond acceptors (Lipinski definition) is 7. The fraction of sp³-hybridized carbons (Fsp3) is 0.455. The molecule has 3 aromatic rings. The van der Waals surface area contributed by atoms with Crippen LogP contribution in [0.15, 0.2) is 36.9 Å². The van der Waals surface area contributed by atoms with Gasteiger partial charge in [-0.25, -0.2) is 15.0 Å². The van der Waals surface area contributed by atoms with Gasteiger partial charge in [0, 0.05) is 62.4 Å². The highest BCUT2D eigenvalue weighted by Gasteiger charge is 2.42. The van der Waals surface area contributed by atoms with E-state index in [0.29, 0.717) is 24.6 Å². The number of likely N-dealkylation sites (tertiary alicyclic amines) is 1. The Morgan fingerprint density at radius 2 is 1.84 bits per heavy atom. The molecule has 6 heterocycles. The summed E-state index contributed by atoms with van der Waals surface area (Å²) in [6.07, 6.45) is 8.32. The van der Waals surface area contributed by atoms with Crippen molar-refractivity contribution in [3.05, 3.63) is 42.6 Å². The number of carbonyl (C=O) groups is 1. The van der Waals surface area contributed by atoms with Gasteiger partial charge in [0.15, 0.2) is 0 Å². The zero-order valence-electron chi connectivity index (χ0n) is 17.5. The van der Waals surface area contributed by atoms with Gasteiger partial charge in [-0.15, -0.1) is 0 Å². The number of pyridine rings is 1. The molecule has 2 atom stereocenters. The summed E-state index contributed by atoms with van der Waals surface area (Å²) in [5.41, 5.74) is 2.41. The first-order chi connectivity index (χ1) is 15.2. The van der Waals surface area contributed by atoms with Crippen LogP contribution >= 0.6 is 0 Å². The van der Waals surface area contributed by atoms with E-state index in [-0.39, 0.29) is 18.1 Å². The van der Waals surface area contributed by atoms with E-state index in [2.05, 4.69) is 43.9 Å². The number of ether oxygens (including phenoxy) is 1. The van der Waals surface area contributed by atoms with E-state index < -0.39 is 0 Å². The summed E-state index contributed by atoms with van der Waals surface area (Å²) in [5, 5.41) is 0. The Balaban J connectivity index is 1.27. The maximum atomic E-state index is 13.2. The number of likely N-dealkylation sites (N-methyl/N-ethyl adjacent to an activating group) is 1. The largest absolute Gasteiger partial charge is 0.374 e. The van der Waals surface area contributed by atoms with Crippen LogP contribution in [-0.2, 0) is 4.74 Å². The predicted octanol–water partition coefficient (Wildman–Crippen LogP) is 1.16. The lowest BCUT2D eigenvalue weighted by molar-refractivity contribution is 0.0255. The summed E-state index contributed by atoms with van der Waals surface area (Å²) in [4.78, 5) is 33.2. The number of piperazine rings is 1. The molecule has 0 radical (unpaired) electrons. The molecule has 3 fully saturated rings. The van der Waals surface area contributed by atoms with Gasteiger partial charge in [0.1, 0.15) is 11.5 Å². The smallest absolute Gasteiger partial charge is 0.272 e. The number of morpholine rings is 1. The minimum absolute atomic E-state index is 0.00853. The van der Waals surface area contributed by atoms with Crippen molar-refractivity contribution in [3.8, 4) is 11.1 Å². The molecule has 160 valence electrons. The molecule has 0 saturated carbocycles. The fourth-order valence-corrected chi connectivity index (χ4v) is 4.76. The molecule has 0 aromatic carbocycles. The molecule has 3 aromatic heterocycles. The number of anilines is 1. The summed E-state index contributed by atoms with van der Waals surface area (Å²) in [6.45, 7) is 5.35. The molecule has 2 unspecified atom stereocenters. The minimum Gasteiger partial charge on any atom is -0.374 e. The molecule has 3 aliphatic heterocycles. The Morgan fingerprint density at radius 1 is 1.03 bits per heavy atom. The van der Waals surface area contributed by atoms with Crippen LogP contribution in [0.5, 0.6) is 0 Å². The normalized spacial score (nSPS) is 23.8. The summed E-state index contributed by atoms with van der Waals surface area (Å²) in [7, 11) is 2.15. The van der Waals surface area contributed by atoms with Gasteiger partial charge in [-0.2, -0.15) is 0 Å². The van der Waals surface area contributed by atoms with E-state index in [0.717, 1.165) is 49.5 Å². The van der Waals surface area contributed by atoms with Gasteiger partial charge < -0.3 is 19.4 Å². The molecule has 0 aliphatic carbocycles. The lowest BCUT2D eigenvalue weighted by Crippen LogP contribution is -2.44. The van der Waals surface area contributed by atoms with Crippen molar-refractivity contribution in [3.63, 3.8) is 0 Å². The van der Waals surface area contributed by atoms with Gasteiger partial charge in [-0.05, 0) is 25.6 Å². The molecule has 9 heteroatoms. The first-order valence-corrected chi connectivity index (χ1v) is 10.8. The van der Waals surface area contributed by atoms with Crippen LogP contribution in [0.25, 0.3) is 16.9 Å². The van der Waals surface area contributed by atoms with Crippen LogP contribution in [0.1, 0.15) is 16.9 Å². The SMILES string of the molecule is CN1CCN(c2ccc(-c3cnc4ncc(C(=O)N5CC6CC5CO6)n4c3)cn2)CC1. The van der Waals surface area contributed by atoms with E-state index in [9.17, 15) is 4.79 Å². The quantitative estimate of drug-likeness (QED) is 0.630. The maximum absolute atomic E-state index is 13.2. The number of amides is 1. The van der Waals surface area contributed by atoms with Crippen molar-refractivity contribution in [2.24, 2.45) is 0 Å². The van der Waals surface area contributed by atoms with Crippen LogP contribution in [0.3, 0.4) is 0 Å². The summed E-state index contributed by atoms with van der Waals surface area (Å²) >= 11 is 0. The van der Waals surface area contributed by atoms with Crippen LogP contribution in [0.4, 0.5) is 5.82 Å². The van der Waals surface area contributed by atoms with E-state index in [1.165, 1.54) is 0 Å². The van der Waals surface area contributed by atoms with Gasteiger partial charge in [0.2, 0.25) is 5.78 Å². The Hall–Kier alpha value is -3.04. The molecule has 0 N–H and O–H groups in total. The predicted molar refractivity (Wildman–Crippen MR) is 115 cm³/mol. The molecule has 0 spiro atoms. The van der Waals surface area contributed by atoms with Crippen LogP contribution < -0.4 is 4.90 Å². The van der Waals surface area contributed by atoms with Crippen molar-refractivity contribution in [2.75, 3.05) is 51.3 Å². The number of nitrogens with zero attached hydrogens (tertiary/aromatic N) is 7. The number of imidazole rings is 1. The van der Waals surface area contributed by atoms with E-state index in [1.54, 1.807) is 16.8 Å². The van der Waals surface area contributed by atoms with Gasteiger partial charge >= 0.3 is 0 Å². The third-order valence-corrected chi connectivity index (χ3v) is 6.65. The highest BCUT2D eigenvalue weighted by Crippen LogP contribution is 2.29. The summed E-state index contributed by atoms with van der Waals surface area (Å²) in [5.74, 6) is 1.51. The highest BCUT2D eigenvalue weighted by molar-refractivity contribution is 5.93. The van der Waals surface area contributed by atoms with E-state index in [1.807, 2.05) is 17.3 Å². The highest BCUT2D eigenvalue weighted by atomic mass is 16.5. The molecular weight excluding hydrogens is 394 g/mol. The molecule has 3 aliphatic rings. The molecule has 31 heavy (non-hydrogen) atoms. The van der Waals surface area contributed by atoms with Crippen LogP contribution in [-0.4, -0.2) is 93.6 Å². The van der Waals surface area contributed by atoms with Gasteiger partial charge in [-0.1, -0.05) is 0 Å². The molecular formula is C22H25N7O2. The Morgan fingerprint density at radius 3 is 2.55 bits per heavy atom. The van der Waals surface area contributed by atoms with E-state index in [4.69, 9.17) is 4.74 Å². The van der Waals surface area contributed by atoms with Crippen molar-refractivity contribution in [1.82, 2.24) is 29.2 Å². The molecule has 9 nitrogen and oxygen atoms in total. The van der Waals surface area contributed by atoms with Crippen LogP contribution in [0.2, 0.25) is 0 Å². The average molecular weight is 419 g/mol. The van der Waals surface area contributed by atoms with Gasteiger partial charge in [-0.3, -0.25) is 9.20 Å². The standard InChI is InChI=1S/C22H25N7O2/c1-26-4-6-27(7-5-26)20-3-2-15(9-23-20)16-10-24-22-25-11-19(29(22)12-16)21(30)28-13-18-8-17(28)14-31-18/h2-3,9-12,17-18H,4-8,13-14H2,1H3. The van der Waals surface area contributed by atoms with Crippen molar-refractivity contribution in [2.45, 2.75) is 18.6 Å². The fourth-order valence-electron chi connectivity index (χ4n) is 4.76. The lowest BCUT2D eigenvalue weighted by atomic mass is 10.1. The number of aromatic nitrogens is 4. The average Bonchev–Trinajstić information content (AvgIpc) is 3.54. The Labute approximate surface area is 180 Å². The summed E-state index contributed by atoms with van der Waals surface area (Å²) < 4.78 is 7.42. The van der Waals surface area contributed by atoms with Gasteiger partial charge in [0.05, 0.1) is 24.9 Å². The topological polar surface area (TPSA) is 79.1 Å². The second-order valence-corrected chi connectivity index (χ2v) is 8.65. The molecule has 2 bridgehead atoms. The first-order valence-electron chi connectivity index (χ1n) is 10.8. The Kier molecular flexibility index (Phi) is 4.39. The molecule has 3 saturated heterocycles. The number of hydrogen-bond donors (Lipinski definition) is 0. The monoisotopic (exact) mass is 419 g/mol. The first kappa shape index (κ1) is 18.7. The minimum atomic E-state index is -0.00853. The molecule has 1 amide bonds. The number of rotatable bonds is 3. The third-order valence-electron chi connectivity index (χ3n) is 6.65. The second kappa shape index (κ2) is 7.28. The third kappa shape index (κ3) is 3.24. The maximum Gasteiger partial charge on any atom is 0.272 e. The van der Waals surface area contributed by atoms with E-state index >= 15 is 0 Å². The zero-order valence-corrected chi connectivity index (χ0v) is 17.5. The van der Waals surface area contributed by atoms with Gasteiger partial charge in [0.25, 0.3) is 5.91 Å². The van der Waals surface area contributed by atoms with Crippen LogP contribution in [0, 0.1) is 0 Å². The number of carbonyl (C=O) groups excluding carboxylic acids is 1. The van der Waals surface area contributed by atoms with Crippen molar-refractivity contribution >= 4 is 17.5 Å². The Bertz CT molecular complexity index is 1120. The number of fused-ring (bicyclic) bond motifs is 3. The van der Waals surface area contributed by atoms with Crippen molar-refractivity contribution < 1.29 is 9.53 Å². The second-order valence-electron chi connectivity index (χ2n) is 8.65. The zero-order chi connectivity index (χ0) is 20.9.